The Kier molecular flexibility index (Phi) is 5.71. The number of nitrogens with two attached hydrogens (primary N) is 1. The van der Waals surface area contributed by atoms with Crippen LogP contribution in [0.15, 0.2) is 54.6 Å². The zero-order valence-electron chi connectivity index (χ0n) is 16.3. The molecule has 1 fully saturated rings. The van der Waals surface area contributed by atoms with Gasteiger partial charge in [-0.05, 0) is 44.0 Å². The Labute approximate surface area is 161 Å². The van der Waals surface area contributed by atoms with Gasteiger partial charge in [-0.25, -0.2) is 4.79 Å². The number of anilines is 1. The first kappa shape index (κ1) is 19.2. The molecule has 1 heterocycles. The molecule has 0 aliphatic carbocycles. The largest absolute Gasteiger partial charge is 0.444 e. The lowest BCUT2D eigenvalue weighted by Gasteiger charge is -2.24. The van der Waals surface area contributed by atoms with Crippen molar-refractivity contribution in [3.05, 3.63) is 65.7 Å². The minimum atomic E-state index is -0.511. The number of nitrogen functional groups attached to an aromatic ring is 1. The average Bonchev–Trinajstić information content (AvgIpc) is 2.97. The fraction of sp³-hybridized carbons (Fsp3) is 0.409. The lowest BCUT2D eigenvalue weighted by Crippen LogP contribution is -2.42. The molecule has 5 heteroatoms. The minimum absolute atomic E-state index is 0.00723. The van der Waals surface area contributed by atoms with E-state index in [-0.39, 0.29) is 18.1 Å². The van der Waals surface area contributed by atoms with Crippen molar-refractivity contribution in [2.24, 2.45) is 0 Å². The average molecular weight is 367 g/mol. The van der Waals surface area contributed by atoms with Crippen LogP contribution in [-0.2, 0) is 11.3 Å². The molecule has 2 aromatic rings. The minimum Gasteiger partial charge on any atom is -0.444 e. The maximum absolute atomic E-state index is 12.3. The fourth-order valence-electron chi connectivity index (χ4n) is 3.54. The molecule has 3 N–H and O–H groups in total. The Morgan fingerprint density at radius 3 is 2.41 bits per heavy atom. The Balaban J connectivity index is 1.74. The van der Waals surface area contributed by atoms with Gasteiger partial charge in [0.15, 0.2) is 0 Å². The second-order valence-electron chi connectivity index (χ2n) is 8.21. The number of carbonyl (C=O) groups excluding carboxylic acids is 1. The highest BCUT2D eigenvalue weighted by Crippen LogP contribution is 2.29. The summed E-state index contributed by atoms with van der Waals surface area (Å²) in [6.07, 6.45) is -0.366. The molecule has 0 unspecified atom stereocenters. The topological polar surface area (TPSA) is 67.6 Å². The molecule has 2 aromatic carbocycles. The van der Waals surface area contributed by atoms with Crippen molar-refractivity contribution >= 4 is 11.8 Å². The van der Waals surface area contributed by atoms with E-state index in [2.05, 4.69) is 46.6 Å². The first-order valence-electron chi connectivity index (χ1n) is 9.41. The third-order valence-electron chi connectivity index (χ3n) is 4.71. The summed E-state index contributed by atoms with van der Waals surface area (Å²) in [4.78, 5) is 14.7. The first-order chi connectivity index (χ1) is 12.8. The number of ether oxygens (including phenoxy) is 1. The van der Waals surface area contributed by atoms with Gasteiger partial charge in [0, 0.05) is 31.2 Å². The van der Waals surface area contributed by atoms with Crippen LogP contribution >= 0.6 is 0 Å². The quantitative estimate of drug-likeness (QED) is 0.808. The Hall–Kier alpha value is -2.53. The number of amides is 1. The molecule has 2 atom stereocenters. The molecule has 144 valence electrons. The second kappa shape index (κ2) is 8.01. The molecule has 1 aliphatic rings. The summed E-state index contributed by atoms with van der Waals surface area (Å²) in [6, 6.07) is 18.3. The van der Waals surface area contributed by atoms with Crippen LogP contribution in [0.4, 0.5) is 10.5 Å². The third kappa shape index (κ3) is 5.47. The van der Waals surface area contributed by atoms with Crippen LogP contribution in [-0.4, -0.2) is 35.7 Å². The first-order valence-corrected chi connectivity index (χ1v) is 9.41. The molecule has 1 aliphatic heterocycles. The smallest absolute Gasteiger partial charge is 0.407 e. The molecule has 0 saturated carbocycles. The fourth-order valence-corrected chi connectivity index (χ4v) is 3.54. The lowest BCUT2D eigenvalue weighted by atomic mass is 9.94. The van der Waals surface area contributed by atoms with Gasteiger partial charge in [0.25, 0.3) is 0 Å². The van der Waals surface area contributed by atoms with Gasteiger partial charge in [-0.2, -0.15) is 0 Å². The van der Waals surface area contributed by atoms with Gasteiger partial charge < -0.3 is 15.8 Å². The van der Waals surface area contributed by atoms with Crippen molar-refractivity contribution in [2.45, 2.75) is 44.9 Å². The summed E-state index contributed by atoms with van der Waals surface area (Å²) in [7, 11) is 0. The van der Waals surface area contributed by atoms with Crippen molar-refractivity contribution in [3.8, 4) is 0 Å². The van der Waals surface area contributed by atoms with Crippen LogP contribution in [0, 0.1) is 0 Å². The van der Waals surface area contributed by atoms with E-state index in [1.807, 2.05) is 39.0 Å². The van der Waals surface area contributed by atoms with E-state index >= 15 is 0 Å². The van der Waals surface area contributed by atoms with Crippen molar-refractivity contribution in [1.29, 1.82) is 0 Å². The molecule has 27 heavy (non-hydrogen) atoms. The van der Waals surface area contributed by atoms with Crippen LogP contribution in [0.2, 0.25) is 0 Å². The van der Waals surface area contributed by atoms with Gasteiger partial charge >= 0.3 is 6.09 Å². The van der Waals surface area contributed by atoms with Crippen molar-refractivity contribution < 1.29 is 9.53 Å². The highest BCUT2D eigenvalue weighted by molar-refractivity contribution is 5.68. The van der Waals surface area contributed by atoms with Crippen LogP contribution in [0.3, 0.4) is 0 Å². The number of nitrogens with zero attached hydrogens (tertiary/aromatic N) is 1. The summed E-state index contributed by atoms with van der Waals surface area (Å²) in [5.74, 6) is 0.196. The van der Waals surface area contributed by atoms with E-state index in [9.17, 15) is 4.79 Å². The highest BCUT2D eigenvalue weighted by atomic mass is 16.6. The summed E-state index contributed by atoms with van der Waals surface area (Å²) in [5, 5.41) is 3.08. The van der Waals surface area contributed by atoms with E-state index < -0.39 is 5.60 Å². The lowest BCUT2D eigenvalue weighted by molar-refractivity contribution is 0.0502. The molecule has 0 spiro atoms. The van der Waals surface area contributed by atoms with Gasteiger partial charge in [-0.3, -0.25) is 4.90 Å². The van der Waals surface area contributed by atoms with E-state index in [0.29, 0.717) is 0 Å². The zero-order chi connectivity index (χ0) is 19.4. The maximum Gasteiger partial charge on any atom is 0.407 e. The standard InChI is InChI=1S/C22H29N3O2/c1-22(2,3)27-21(26)24-20-15-25(13-16-7-5-4-6-8-16)14-19(20)17-9-11-18(23)12-10-17/h4-12,19-20H,13-15,23H2,1-3H3,(H,24,26)/t19-,20+/m1/s1. The van der Waals surface area contributed by atoms with E-state index in [1.165, 1.54) is 11.1 Å². The normalized spacial score (nSPS) is 20.4. The molecule has 0 aromatic heterocycles. The number of nitrogens with one attached hydrogen (secondary N) is 1. The van der Waals surface area contributed by atoms with E-state index in [1.54, 1.807) is 0 Å². The van der Waals surface area contributed by atoms with Crippen LogP contribution in [0.1, 0.15) is 37.8 Å². The summed E-state index contributed by atoms with van der Waals surface area (Å²) in [5.41, 5.74) is 8.52. The molecule has 1 saturated heterocycles. The molecule has 0 radical (unpaired) electrons. The van der Waals surface area contributed by atoms with Crippen molar-refractivity contribution in [2.75, 3.05) is 18.8 Å². The number of likely N-dealkylation sites (tertiary alicyclic amines) is 1. The Bertz CT molecular complexity index is 753. The van der Waals surface area contributed by atoms with Gasteiger partial charge in [0.2, 0.25) is 0 Å². The van der Waals surface area contributed by atoms with Gasteiger partial charge in [0.05, 0.1) is 6.04 Å². The third-order valence-corrected chi connectivity index (χ3v) is 4.71. The number of carbonyl (C=O) groups is 1. The number of alkyl carbamates (subject to hydrolysis) is 1. The summed E-state index contributed by atoms with van der Waals surface area (Å²) in [6.45, 7) is 8.14. The van der Waals surface area contributed by atoms with Crippen LogP contribution in [0.25, 0.3) is 0 Å². The molecule has 3 rings (SSSR count). The number of hydrogen-bond donors (Lipinski definition) is 2. The summed E-state index contributed by atoms with van der Waals surface area (Å²) < 4.78 is 5.47. The number of hydrogen-bond acceptors (Lipinski definition) is 4. The van der Waals surface area contributed by atoms with Gasteiger partial charge in [0.1, 0.15) is 5.60 Å². The second-order valence-corrected chi connectivity index (χ2v) is 8.21. The van der Waals surface area contributed by atoms with Gasteiger partial charge in [-0.1, -0.05) is 42.5 Å². The SMILES string of the molecule is CC(C)(C)OC(=O)N[C@H]1CN(Cc2ccccc2)C[C@@H]1c1ccc(N)cc1. The number of benzene rings is 2. The van der Waals surface area contributed by atoms with Crippen molar-refractivity contribution in [1.82, 2.24) is 10.2 Å². The summed E-state index contributed by atoms with van der Waals surface area (Å²) >= 11 is 0. The van der Waals surface area contributed by atoms with Gasteiger partial charge in [-0.15, -0.1) is 0 Å². The Morgan fingerprint density at radius 1 is 1.11 bits per heavy atom. The molecule has 5 nitrogen and oxygen atoms in total. The maximum atomic E-state index is 12.3. The monoisotopic (exact) mass is 367 g/mol. The highest BCUT2D eigenvalue weighted by Gasteiger charge is 2.35. The zero-order valence-corrected chi connectivity index (χ0v) is 16.3. The van der Waals surface area contributed by atoms with Crippen molar-refractivity contribution in [3.63, 3.8) is 0 Å². The predicted molar refractivity (Wildman–Crippen MR) is 108 cm³/mol. The predicted octanol–water partition coefficient (Wildman–Crippen LogP) is 3.76. The molecule has 1 amide bonds. The van der Waals surface area contributed by atoms with E-state index in [0.717, 1.165) is 25.3 Å². The molecule has 0 bridgehead atoms. The van der Waals surface area contributed by atoms with Crippen LogP contribution < -0.4 is 11.1 Å². The Morgan fingerprint density at radius 2 is 1.78 bits per heavy atom. The molecular formula is C22H29N3O2. The number of rotatable bonds is 4. The van der Waals surface area contributed by atoms with E-state index in [4.69, 9.17) is 10.5 Å². The molecular weight excluding hydrogens is 338 g/mol. The van der Waals surface area contributed by atoms with Crippen LogP contribution in [0.5, 0.6) is 0 Å².